The smallest absolute Gasteiger partial charge is 0.222 e. The van der Waals surface area contributed by atoms with Crippen molar-refractivity contribution in [2.75, 3.05) is 26.2 Å². The van der Waals surface area contributed by atoms with Crippen LogP contribution in [0.1, 0.15) is 28.9 Å². The zero-order valence-electron chi connectivity index (χ0n) is 20.0. The van der Waals surface area contributed by atoms with Gasteiger partial charge in [-0.25, -0.2) is 17.9 Å². The SMILES string of the molecule is Cc1nc2c3ccccc3nn2c(C)c1CCC(=O)N1CCN(S(=O)(=O)Cc2ccccc2)CC1. The van der Waals surface area contributed by atoms with E-state index in [2.05, 4.69) is 0 Å². The van der Waals surface area contributed by atoms with E-state index in [0.29, 0.717) is 39.0 Å². The van der Waals surface area contributed by atoms with E-state index in [9.17, 15) is 13.2 Å². The topological polar surface area (TPSA) is 87.9 Å². The summed E-state index contributed by atoms with van der Waals surface area (Å²) in [5.41, 5.74) is 5.43. The van der Waals surface area contributed by atoms with Crippen LogP contribution in [0.3, 0.4) is 0 Å². The average Bonchev–Trinajstić information content (AvgIpc) is 3.23. The number of sulfonamides is 1. The molecule has 9 heteroatoms. The van der Waals surface area contributed by atoms with Gasteiger partial charge in [0.1, 0.15) is 0 Å². The maximum atomic E-state index is 13.0. The Balaban J connectivity index is 1.22. The van der Waals surface area contributed by atoms with Gasteiger partial charge in [0.05, 0.1) is 11.3 Å². The number of hydrogen-bond donors (Lipinski definition) is 0. The van der Waals surface area contributed by atoms with Gasteiger partial charge in [-0.2, -0.15) is 9.40 Å². The van der Waals surface area contributed by atoms with Gasteiger partial charge in [0.15, 0.2) is 5.65 Å². The molecule has 1 fully saturated rings. The number of amides is 1. The van der Waals surface area contributed by atoms with Crippen molar-refractivity contribution in [2.45, 2.75) is 32.4 Å². The average molecular weight is 492 g/mol. The lowest BCUT2D eigenvalue weighted by atomic mass is 10.1. The Morgan fingerprint density at radius 2 is 1.63 bits per heavy atom. The van der Waals surface area contributed by atoms with Crippen molar-refractivity contribution in [1.29, 1.82) is 0 Å². The van der Waals surface area contributed by atoms with Gasteiger partial charge < -0.3 is 4.90 Å². The molecule has 1 amide bonds. The highest BCUT2D eigenvalue weighted by Crippen LogP contribution is 2.23. The minimum absolute atomic E-state index is 0.0156. The fraction of sp³-hybridized carbons (Fsp3) is 0.346. The molecule has 2 aromatic heterocycles. The van der Waals surface area contributed by atoms with Crippen LogP contribution in [-0.4, -0.2) is 64.3 Å². The molecule has 8 nitrogen and oxygen atoms in total. The molecule has 0 unspecified atom stereocenters. The van der Waals surface area contributed by atoms with Crippen molar-refractivity contribution >= 4 is 32.5 Å². The second-order valence-electron chi connectivity index (χ2n) is 9.04. The first kappa shape index (κ1) is 23.4. The van der Waals surface area contributed by atoms with E-state index in [1.807, 2.05) is 73.0 Å². The Hall–Kier alpha value is -3.30. The van der Waals surface area contributed by atoms with E-state index in [4.69, 9.17) is 10.1 Å². The third kappa shape index (κ3) is 4.66. The summed E-state index contributed by atoms with van der Waals surface area (Å²) < 4.78 is 29.0. The van der Waals surface area contributed by atoms with Crippen LogP contribution in [0.4, 0.5) is 0 Å². The van der Waals surface area contributed by atoms with Crippen molar-refractivity contribution in [2.24, 2.45) is 0 Å². The normalized spacial score (nSPS) is 15.2. The Bertz CT molecular complexity index is 1490. The third-order valence-corrected chi connectivity index (χ3v) is 8.63. The number of aromatic nitrogens is 3. The lowest BCUT2D eigenvalue weighted by Crippen LogP contribution is -2.50. The van der Waals surface area contributed by atoms with Gasteiger partial charge in [-0.1, -0.05) is 42.5 Å². The van der Waals surface area contributed by atoms with Crippen molar-refractivity contribution in [3.63, 3.8) is 0 Å². The van der Waals surface area contributed by atoms with Crippen LogP contribution in [0.5, 0.6) is 0 Å². The molecule has 0 atom stereocenters. The molecule has 5 rings (SSSR count). The molecule has 0 aliphatic carbocycles. The Morgan fingerprint density at radius 3 is 2.37 bits per heavy atom. The molecule has 4 aromatic rings. The summed E-state index contributed by atoms with van der Waals surface area (Å²) in [5, 5.41) is 5.71. The number of nitrogens with zero attached hydrogens (tertiary/aromatic N) is 5. The van der Waals surface area contributed by atoms with Crippen LogP contribution in [0.15, 0.2) is 54.6 Å². The predicted octanol–water partition coefficient (Wildman–Crippen LogP) is 3.11. The summed E-state index contributed by atoms with van der Waals surface area (Å²) in [6, 6.07) is 17.1. The number of hydrogen-bond acceptors (Lipinski definition) is 5. The van der Waals surface area contributed by atoms with Gasteiger partial charge in [-0.05, 0) is 43.5 Å². The molecule has 35 heavy (non-hydrogen) atoms. The van der Waals surface area contributed by atoms with E-state index in [0.717, 1.165) is 39.1 Å². The van der Waals surface area contributed by atoms with E-state index >= 15 is 0 Å². The zero-order valence-corrected chi connectivity index (χ0v) is 20.8. The van der Waals surface area contributed by atoms with E-state index < -0.39 is 10.0 Å². The molecule has 0 radical (unpaired) electrons. The molecular weight excluding hydrogens is 462 g/mol. The monoisotopic (exact) mass is 491 g/mol. The number of aryl methyl sites for hydroxylation is 2. The molecule has 0 spiro atoms. The van der Waals surface area contributed by atoms with E-state index in [1.165, 1.54) is 4.31 Å². The fourth-order valence-electron chi connectivity index (χ4n) is 4.82. The predicted molar refractivity (Wildman–Crippen MR) is 136 cm³/mol. The summed E-state index contributed by atoms with van der Waals surface area (Å²) in [6.45, 7) is 5.46. The van der Waals surface area contributed by atoms with Crippen LogP contribution in [0.2, 0.25) is 0 Å². The minimum atomic E-state index is -3.41. The van der Waals surface area contributed by atoms with Gasteiger partial charge in [-0.15, -0.1) is 0 Å². The molecule has 182 valence electrons. The first-order chi connectivity index (χ1) is 16.8. The first-order valence-corrected chi connectivity index (χ1v) is 13.5. The van der Waals surface area contributed by atoms with Crippen LogP contribution in [0.25, 0.3) is 16.6 Å². The van der Waals surface area contributed by atoms with Gasteiger partial charge in [0.2, 0.25) is 15.9 Å². The van der Waals surface area contributed by atoms with Crippen molar-refractivity contribution in [3.05, 3.63) is 77.1 Å². The van der Waals surface area contributed by atoms with Crippen molar-refractivity contribution in [3.8, 4) is 0 Å². The lowest BCUT2D eigenvalue weighted by molar-refractivity contribution is -0.132. The van der Waals surface area contributed by atoms with Crippen molar-refractivity contribution < 1.29 is 13.2 Å². The summed E-state index contributed by atoms with van der Waals surface area (Å²) in [4.78, 5) is 19.5. The van der Waals surface area contributed by atoms with Gasteiger partial charge in [0, 0.05) is 49.4 Å². The quantitative estimate of drug-likeness (QED) is 0.414. The van der Waals surface area contributed by atoms with Gasteiger partial charge in [-0.3, -0.25) is 4.79 Å². The maximum Gasteiger partial charge on any atom is 0.222 e. The number of fused-ring (bicyclic) bond motifs is 3. The van der Waals surface area contributed by atoms with E-state index in [-0.39, 0.29) is 11.7 Å². The number of benzene rings is 2. The highest BCUT2D eigenvalue weighted by molar-refractivity contribution is 7.88. The summed E-state index contributed by atoms with van der Waals surface area (Å²) in [5.74, 6) is 0.0211. The Morgan fingerprint density at radius 1 is 0.943 bits per heavy atom. The van der Waals surface area contributed by atoms with Crippen LogP contribution in [0, 0.1) is 13.8 Å². The van der Waals surface area contributed by atoms with Crippen LogP contribution >= 0.6 is 0 Å². The highest BCUT2D eigenvalue weighted by atomic mass is 32.2. The van der Waals surface area contributed by atoms with Crippen molar-refractivity contribution in [1.82, 2.24) is 23.8 Å². The minimum Gasteiger partial charge on any atom is -0.340 e. The zero-order chi connectivity index (χ0) is 24.6. The molecular formula is C26H29N5O3S. The Kier molecular flexibility index (Phi) is 6.29. The number of carbonyl (C=O) groups excluding carboxylic acids is 1. The second-order valence-corrected chi connectivity index (χ2v) is 11.0. The van der Waals surface area contributed by atoms with Crippen LogP contribution < -0.4 is 0 Å². The largest absolute Gasteiger partial charge is 0.340 e. The molecule has 0 saturated carbocycles. The van der Waals surface area contributed by atoms with Gasteiger partial charge in [0.25, 0.3) is 0 Å². The molecule has 0 bridgehead atoms. The fourth-order valence-corrected chi connectivity index (χ4v) is 6.34. The van der Waals surface area contributed by atoms with E-state index in [1.54, 1.807) is 4.90 Å². The number of piperazine rings is 1. The first-order valence-electron chi connectivity index (χ1n) is 11.9. The molecule has 3 heterocycles. The van der Waals surface area contributed by atoms with Gasteiger partial charge >= 0.3 is 0 Å². The molecule has 1 saturated heterocycles. The number of rotatable bonds is 6. The molecule has 0 N–H and O–H groups in total. The Labute approximate surface area is 205 Å². The highest BCUT2D eigenvalue weighted by Gasteiger charge is 2.29. The lowest BCUT2D eigenvalue weighted by Gasteiger charge is -2.34. The summed E-state index contributed by atoms with van der Waals surface area (Å²) in [7, 11) is -3.41. The van der Waals surface area contributed by atoms with Crippen LogP contribution in [-0.2, 0) is 27.0 Å². The molecule has 2 aromatic carbocycles. The standard InChI is InChI=1S/C26H29N5O3S/c1-19-22(20(2)31-26(27-19)23-10-6-7-11-24(23)28-31)12-13-25(32)29-14-16-30(17-15-29)35(33,34)18-21-8-4-3-5-9-21/h3-11H,12-18H2,1-2H3. The third-order valence-electron chi connectivity index (χ3n) is 6.78. The second kappa shape index (κ2) is 9.39. The number of carbonyl (C=O) groups is 1. The summed E-state index contributed by atoms with van der Waals surface area (Å²) >= 11 is 0. The molecule has 1 aliphatic heterocycles. The molecule has 1 aliphatic rings. The summed E-state index contributed by atoms with van der Waals surface area (Å²) in [6.07, 6.45) is 0.925. The maximum absolute atomic E-state index is 13.0.